The summed E-state index contributed by atoms with van der Waals surface area (Å²) < 4.78 is 38.3. The molecule has 0 radical (unpaired) electrons. The number of fused-ring (bicyclic) bond motifs is 1. The Balaban J connectivity index is 2.45. The second-order valence-corrected chi connectivity index (χ2v) is 3.76. The van der Waals surface area contributed by atoms with Gasteiger partial charge in [0, 0.05) is 13.1 Å². The highest BCUT2D eigenvalue weighted by molar-refractivity contribution is 5.65. The standard InChI is InChI=1S/C10H11F3N2/c1-14-7-5-3-4-6-8(7)15(2)9(14)10(11,12)13/h3-6,9H,1-2H3/p+1. The summed E-state index contributed by atoms with van der Waals surface area (Å²) in [7, 11) is 3.02. The van der Waals surface area contributed by atoms with E-state index >= 15 is 0 Å². The zero-order valence-electron chi connectivity index (χ0n) is 8.47. The molecule has 0 aromatic heterocycles. The first kappa shape index (κ1) is 10.3. The molecule has 0 spiro atoms. The molecule has 1 aliphatic heterocycles. The van der Waals surface area contributed by atoms with Gasteiger partial charge in [0.15, 0.2) is 5.69 Å². The van der Waals surface area contributed by atoms with Crippen LogP contribution in [0.4, 0.5) is 24.5 Å². The highest BCUT2D eigenvalue weighted by Crippen LogP contribution is 2.33. The summed E-state index contributed by atoms with van der Waals surface area (Å²) in [4.78, 5) is 1.66. The maximum absolute atomic E-state index is 12.8. The lowest BCUT2D eigenvalue weighted by Gasteiger charge is -2.24. The molecule has 5 heteroatoms. The second-order valence-electron chi connectivity index (χ2n) is 3.76. The van der Waals surface area contributed by atoms with Gasteiger partial charge in [0.1, 0.15) is 5.69 Å². The third kappa shape index (κ3) is 1.47. The van der Waals surface area contributed by atoms with Crippen LogP contribution < -0.4 is 9.80 Å². The molecule has 1 aliphatic rings. The normalized spacial score (nSPS) is 25.5. The van der Waals surface area contributed by atoms with Crippen molar-refractivity contribution in [3.05, 3.63) is 24.3 Å². The molecular formula is C10H12F3N2+. The van der Waals surface area contributed by atoms with Gasteiger partial charge in [-0.15, -0.1) is 0 Å². The highest BCUT2D eigenvalue weighted by atomic mass is 19.4. The number of benzene rings is 1. The molecule has 2 atom stereocenters. The van der Waals surface area contributed by atoms with E-state index in [1.807, 2.05) is 0 Å². The molecule has 1 aromatic carbocycles. The Labute approximate surface area is 85.9 Å². The summed E-state index contributed by atoms with van der Waals surface area (Å²) in [5.41, 5.74) is 1.35. The van der Waals surface area contributed by atoms with Crippen LogP contribution >= 0.6 is 0 Å². The Kier molecular flexibility index (Phi) is 2.15. The van der Waals surface area contributed by atoms with E-state index in [2.05, 4.69) is 0 Å². The molecule has 0 fully saturated rings. The Hall–Kier alpha value is -1.23. The number of anilines is 1. The van der Waals surface area contributed by atoms with Crippen molar-refractivity contribution in [2.24, 2.45) is 0 Å². The molecule has 0 aliphatic carbocycles. The number of nitrogens with zero attached hydrogens (tertiary/aromatic N) is 1. The first-order valence-electron chi connectivity index (χ1n) is 4.65. The Bertz CT molecular complexity index is 346. The van der Waals surface area contributed by atoms with E-state index in [1.54, 1.807) is 31.3 Å². The van der Waals surface area contributed by atoms with Gasteiger partial charge in [-0.25, -0.2) is 0 Å². The van der Waals surface area contributed by atoms with E-state index in [0.717, 1.165) is 0 Å². The van der Waals surface area contributed by atoms with Gasteiger partial charge in [0.05, 0.1) is 7.05 Å². The fourth-order valence-corrected chi connectivity index (χ4v) is 2.16. The van der Waals surface area contributed by atoms with E-state index in [-0.39, 0.29) is 0 Å². The number of alkyl halides is 3. The summed E-state index contributed by atoms with van der Waals surface area (Å²) in [5, 5.41) is 0. The van der Waals surface area contributed by atoms with Crippen molar-refractivity contribution in [1.82, 2.24) is 0 Å². The lowest BCUT2D eigenvalue weighted by molar-refractivity contribution is -0.847. The van der Waals surface area contributed by atoms with Crippen LogP contribution in [-0.2, 0) is 0 Å². The molecule has 0 amide bonds. The van der Waals surface area contributed by atoms with Gasteiger partial charge < -0.3 is 4.90 Å². The molecule has 1 heterocycles. The number of halogens is 3. The zero-order valence-corrected chi connectivity index (χ0v) is 8.47. The molecule has 15 heavy (non-hydrogen) atoms. The van der Waals surface area contributed by atoms with Crippen molar-refractivity contribution in [2.75, 3.05) is 19.0 Å². The summed E-state index contributed by atoms with van der Waals surface area (Å²) >= 11 is 0. The Morgan fingerprint density at radius 3 is 2.40 bits per heavy atom. The lowest BCUT2D eigenvalue weighted by Crippen LogP contribution is -3.10. The number of quaternary nitrogens is 1. The minimum atomic E-state index is -4.21. The average Bonchev–Trinajstić information content (AvgIpc) is 2.39. The van der Waals surface area contributed by atoms with Crippen LogP contribution in [0.3, 0.4) is 0 Å². The average molecular weight is 217 g/mol. The molecule has 0 bridgehead atoms. The van der Waals surface area contributed by atoms with Gasteiger partial charge in [-0.05, 0) is 6.07 Å². The van der Waals surface area contributed by atoms with Crippen LogP contribution in [0.2, 0.25) is 0 Å². The van der Waals surface area contributed by atoms with Gasteiger partial charge in [-0.3, -0.25) is 4.90 Å². The SMILES string of the molecule is CN1c2ccccc2[NH+](C)C1C(F)(F)F. The van der Waals surface area contributed by atoms with Crippen LogP contribution in [0.15, 0.2) is 24.3 Å². The third-order valence-corrected chi connectivity index (χ3v) is 2.82. The first-order valence-corrected chi connectivity index (χ1v) is 4.65. The number of hydrogen-bond acceptors (Lipinski definition) is 1. The zero-order chi connectivity index (χ0) is 11.2. The van der Waals surface area contributed by atoms with Gasteiger partial charge in [-0.2, -0.15) is 13.2 Å². The summed E-state index contributed by atoms with van der Waals surface area (Å²) in [6.07, 6.45) is -5.69. The van der Waals surface area contributed by atoms with Crippen molar-refractivity contribution < 1.29 is 18.1 Å². The summed E-state index contributed by atoms with van der Waals surface area (Å²) in [6.45, 7) is 0. The minimum absolute atomic E-state index is 0.376. The van der Waals surface area contributed by atoms with E-state index in [4.69, 9.17) is 0 Å². The van der Waals surface area contributed by atoms with Crippen LogP contribution in [0.5, 0.6) is 0 Å². The van der Waals surface area contributed by atoms with Crippen molar-refractivity contribution in [3.63, 3.8) is 0 Å². The van der Waals surface area contributed by atoms with Crippen LogP contribution in [0.1, 0.15) is 0 Å². The van der Waals surface area contributed by atoms with E-state index in [0.29, 0.717) is 16.3 Å². The monoisotopic (exact) mass is 217 g/mol. The predicted molar refractivity (Wildman–Crippen MR) is 51.2 cm³/mol. The first-order chi connectivity index (χ1) is 6.93. The maximum Gasteiger partial charge on any atom is 0.463 e. The molecule has 82 valence electrons. The predicted octanol–water partition coefficient (Wildman–Crippen LogP) is 1.17. The Morgan fingerprint density at radius 1 is 1.27 bits per heavy atom. The largest absolute Gasteiger partial charge is 0.463 e. The van der Waals surface area contributed by atoms with E-state index < -0.39 is 12.3 Å². The number of para-hydroxylation sites is 2. The smallest absolute Gasteiger partial charge is 0.313 e. The lowest BCUT2D eigenvalue weighted by atomic mass is 10.3. The van der Waals surface area contributed by atoms with Gasteiger partial charge in [-0.1, -0.05) is 12.1 Å². The Morgan fingerprint density at radius 2 is 1.87 bits per heavy atom. The van der Waals surface area contributed by atoms with E-state index in [1.165, 1.54) is 11.9 Å². The number of hydrogen-bond donors (Lipinski definition) is 1. The fourth-order valence-electron chi connectivity index (χ4n) is 2.16. The highest BCUT2D eigenvalue weighted by Gasteiger charge is 2.54. The van der Waals surface area contributed by atoms with Gasteiger partial charge in [0.25, 0.3) is 6.17 Å². The molecule has 1 aromatic rings. The molecule has 1 N–H and O–H groups in total. The third-order valence-electron chi connectivity index (χ3n) is 2.82. The van der Waals surface area contributed by atoms with Crippen LogP contribution in [-0.4, -0.2) is 26.4 Å². The summed E-state index contributed by atoms with van der Waals surface area (Å²) in [5.74, 6) is 0. The number of nitrogens with one attached hydrogen (secondary N) is 1. The van der Waals surface area contributed by atoms with Crippen molar-refractivity contribution in [2.45, 2.75) is 12.3 Å². The molecule has 0 saturated carbocycles. The van der Waals surface area contributed by atoms with Crippen LogP contribution in [0.25, 0.3) is 0 Å². The fraction of sp³-hybridized carbons (Fsp3) is 0.400. The molecule has 2 nitrogen and oxygen atoms in total. The topological polar surface area (TPSA) is 7.68 Å². The van der Waals surface area contributed by atoms with Gasteiger partial charge >= 0.3 is 6.18 Å². The van der Waals surface area contributed by atoms with Crippen molar-refractivity contribution >= 4 is 11.4 Å². The summed E-state index contributed by atoms with van der Waals surface area (Å²) in [6, 6.07) is 6.95. The quantitative estimate of drug-likeness (QED) is 0.685. The van der Waals surface area contributed by atoms with E-state index in [9.17, 15) is 13.2 Å². The second kappa shape index (κ2) is 3.13. The molecule has 2 rings (SSSR count). The molecule has 2 unspecified atom stereocenters. The maximum atomic E-state index is 12.8. The molecular weight excluding hydrogens is 205 g/mol. The van der Waals surface area contributed by atoms with Crippen molar-refractivity contribution in [1.29, 1.82) is 0 Å². The number of rotatable bonds is 0. The van der Waals surface area contributed by atoms with Crippen LogP contribution in [0, 0.1) is 0 Å². The minimum Gasteiger partial charge on any atom is -0.313 e. The molecule has 0 saturated heterocycles. The van der Waals surface area contributed by atoms with Gasteiger partial charge in [0.2, 0.25) is 0 Å². The van der Waals surface area contributed by atoms with Crippen molar-refractivity contribution in [3.8, 4) is 0 Å².